The van der Waals surface area contributed by atoms with Crippen LogP contribution in [0.4, 0.5) is 10.5 Å². The van der Waals surface area contributed by atoms with Gasteiger partial charge in [-0.15, -0.1) is 0 Å². The smallest absolute Gasteiger partial charge is 0.412 e. The highest BCUT2D eigenvalue weighted by molar-refractivity contribution is 5.84. The molecular formula is C24H36N6O2. The lowest BCUT2D eigenvalue weighted by Gasteiger charge is -2.19. The number of hydrogen-bond acceptors (Lipinski definition) is 4. The Morgan fingerprint density at radius 1 is 1.16 bits per heavy atom. The van der Waals surface area contributed by atoms with Gasteiger partial charge in [0.2, 0.25) is 0 Å². The number of hydrogen-bond donors (Lipinski definition) is 3. The first kappa shape index (κ1) is 23.6. The van der Waals surface area contributed by atoms with Gasteiger partial charge in [-0.05, 0) is 63.8 Å². The summed E-state index contributed by atoms with van der Waals surface area (Å²) < 4.78 is 7.38. The summed E-state index contributed by atoms with van der Waals surface area (Å²) in [6.07, 6.45) is 7.55. The molecule has 8 nitrogen and oxygen atoms in total. The molecule has 0 spiro atoms. The van der Waals surface area contributed by atoms with Crippen molar-refractivity contribution in [3.63, 3.8) is 0 Å². The number of benzene rings is 1. The minimum absolute atomic E-state index is 0.449. The molecule has 0 unspecified atom stereocenters. The topological polar surface area (TPSA) is 92.6 Å². The van der Waals surface area contributed by atoms with Crippen molar-refractivity contribution in [2.45, 2.75) is 71.1 Å². The molecule has 174 valence electrons. The van der Waals surface area contributed by atoms with Crippen molar-refractivity contribution in [1.82, 2.24) is 20.4 Å². The summed E-state index contributed by atoms with van der Waals surface area (Å²) in [6, 6.07) is 10.4. The highest BCUT2D eigenvalue weighted by Gasteiger charge is 2.18. The van der Waals surface area contributed by atoms with Gasteiger partial charge in [0.25, 0.3) is 0 Å². The highest BCUT2D eigenvalue weighted by atomic mass is 16.6. The molecule has 1 heterocycles. The monoisotopic (exact) mass is 440 g/mol. The van der Waals surface area contributed by atoms with E-state index in [0.717, 1.165) is 30.2 Å². The van der Waals surface area contributed by atoms with E-state index >= 15 is 0 Å². The van der Waals surface area contributed by atoms with Crippen LogP contribution in [0.1, 0.15) is 63.8 Å². The number of anilines is 1. The number of carbonyl (C=O) groups excluding carboxylic acids is 1. The third kappa shape index (κ3) is 7.59. The second-order valence-corrected chi connectivity index (χ2v) is 9.15. The predicted octanol–water partition coefficient (Wildman–Crippen LogP) is 4.25. The maximum Gasteiger partial charge on any atom is 0.412 e. The van der Waals surface area contributed by atoms with E-state index in [1.807, 2.05) is 45.0 Å². The third-order valence-electron chi connectivity index (χ3n) is 5.33. The summed E-state index contributed by atoms with van der Waals surface area (Å²) in [5.74, 6) is 0.753. The first-order chi connectivity index (χ1) is 15.3. The van der Waals surface area contributed by atoms with E-state index in [4.69, 9.17) is 9.84 Å². The number of aliphatic imine (C=N–C) groups is 1. The number of guanidine groups is 1. The molecule has 1 aromatic heterocycles. The van der Waals surface area contributed by atoms with Gasteiger partial charge >= 0.3 is 6.09 Å². The molecule has 3 N–H and O–H groups in total. The van der Waals surface area contributed by atoms with E-state index < -0.39 is 11.7 Å². The number of carbonyl (C=O) groups is 1. The average molecular weight is 441 g/mol. The van der Waals surface area contributed by atoms with Crippen LogP contribution in [-0.4, -0.2) is 41.0 Å². The van der Waals surface area contributed by atoms with Gasteiger partial charge in [-0.25, -0.2) is 4.79 Å². The van der Waals surface area contributed by atoms with Crippen LogP contribution in [0, 0.1) is 0 Å². The van der Waals surface area contributed by atoms with E-state index in [0.29, 0.717) is 18.3 Å². The lowest BCUT2D eigenvalue weighted by molar-refractivity contribution is 0.0636. The Hall–Kier alpha value is -3.03. The normalized spacial score (nSPS) is 14.9. The van der Waals surface area contributed by atoms with Gasteiger partial charge in [0, 0.05) is 25.5 Å². The van der Waals surface area contributed by atoms with Gasteiger partial charge in [0.15, 0.2) is 5.96 Å². The fourth-order valence-electron chi connectivity index (χ4n) is 3.74. The average Bonchev–Trinajstić information content (AvgIpc) is 3.42. The molecule has 32 heavy (non-hydrogen) atoms. The number of rotatable bonds is 7. The summed E-state index contributed by atoms with van der Waals surface area (Å²) in [5, 5.41) is 14.1. The van der Waals surface area contributed by atoms with Crippen LogP contribution in [0.15, 0.2) is 41.5 Å². The summed E-state index contributed by atoms with van der Waals surface area (Å²) in [4.78, 5) is 16.1. The largest absolute Gasteiger partial charge is 0.444 e. The fraction of sp³-hybridized carbons (Fsp3) is 0.542. The molecule has 0 radical (unpaired) electrons. The van der Waals surface area contributed by atoms with E-state index in [1.165, 1.54) is 25.7 Å². The first-order valence-corrected chi connectivity index (χ1v) is 11.4. The zero-order valence-corrected chi connectivity index (χ0v) is 19.6. The lowest BCUT2D eigenvalue weighted by atomic mass is 10.1. The van der Waals surface area contributed by atoms with Gasteiger partial charge in [-0.2, -0.15) is 5.10 Å². The Labute approximate surface area is 190 Å². The molecule has 1 amide bonds. The number of aromatic nitrogens is 2. The van der Waals surface area contributed by atoms with Crippen LogP contribution in [0.2, 0.25) is 0 Å². The molecule has 1 aliphatic rings. The van der Waals surface area contributed by atoms with Crippen LogP contribution in [0.25, 0.3) is 0 Å². The van der Waals surface area contributed by atoms with Gasteiger partial charge in [0.1, 0.15) is 5.60 Å². The van der Waals surface area contributed by atoms with Gasteiger partial charge < -0.3 is 15.4 Å². The third-order valence-corrected chi connectivity index (χ3v) is 5.33. The molecule has 1 aliphatic carbocycles. The Morgan fingerprint density at radius 2 is 1.88 bits per heavy atom. The number of ether oxygens (including phenoxy) is 1. The Balaban J connectivity index is 1.38. The zero-order valence-electron chi connectivity index (χ0n) is 19.6. The van der Waals surface area contributed by atoms with Gasteiger partial charge in [-0.3, -0.25) is 15.0 Å². The predicted molar refractivity (Wildman–Crippen MR) is 128 cm³/mol. The Bertz CT molecular complexity index is 892. The number of nitrogens with one attached hydrogen (secondary N) is 3. The van der Waals surface area contributed by atoms with Crippen molar-refractivity contribution >= 4 is 17.7 Å². The van der Waals surface area contributed by atoms with Crippen LogP contribution in [0.3, 0.4) is 0 Å². The van der Waals surface area contributed by atoms with Gasteiger partial charge in [-0.1, -0.05) is 25.0 Å². The summed E-state index contributed by atoms with van der Waals surface area (Å²) in [6.45, 7) is 6.91. The van der Waals surface area contributed by atoms with Crippen LogP contribution >= 0.6 is 0 Å². The highest BCUT2D eigenvalue weighted by Crippen LogP contribution is 2.28. The Kier molecular flexibility index (Phi) is 8.14. The Morgan fingerprint density at radius 3 is 2.53 bits per heavy atom. The second kappa shape index (κ2) is 11.0. The van der Waals surface area contributed by atoms with E-state index in [2.05, 4.69) is 37.9 Å². The maximum atomic E-state index is 11.9. The van der Waals surface area contributed by atoms with Crippen molar-refractivity contribution < 1.29 is 9.53 Å². The van der Waals surface area contributed by atoms with Crippen molar-refractivity contribution in [1.29, 1.82) is 0 Å². The zero-order chi connectivity index (χ0) is 23.0. The van der Waals surface area contributed by atoms with Crippen molar-refractivity contribution in [2.24, 2.45) is 4.99 Å². The minimum Gasteiger partial charge on any atom is -0.444 e. The van der Waals surface area contributed by atoms with Crippen molar-refractivity contribution in [3.05, 3.63) is 47.8 Å². The first-order valence-electron chi connectivity index (χ1n) is 11.4. The standard InChI is InChI=1S/C24H36N6O2/c1-24(2,3)32-23(31)28-19-11-9-18(10-12-19)13-15-26-22(25-4)27-17-20-14-16-30(29-20)21-7-5-6-8-21/h9-12,14,16,21H,5-8,13,15,17H2,1-4H3,(H,28,31)(H2,25,26,27). The van der Waals surface area contributed by atoms with E-state index in [1.54, 1.807) is 7.05 Å². The molecule has 0 atom stereocenters. The number of nitrogens with zero attached hydrogens (tertiary/aromatic N) is 3. The minimum atomic E-state index is -0.516. The molecule has 0 saturated heterocycles. The lowest BCUT2D eigenvalue weighted by Crippen LogP contribution is -2.38. The van der Waals surface area contributed by atoms with Crippen molar-refractivity contribution in [2.75, 3.05) is 18.9 Å². The summed E-state index contributed by atoms with van der Waals surface area (Å²) in [5.41, 5.74) is 2.38. The molecule has 8 heteroatoms. The van der Waals surface area contributed by atoms with Crippen LogP contribution < -0.4 is 16.0 Å². The van der Waals surface area contributed by atoms with E-state index in [-0.39, 0.29) is 0 Å². The van der Waals surface area contributed by atoms with Crippen LogP contribution in [0.5, 0.6) is 0 Å². The molecule has 1 aromatic carbocycles. The van der Waals surface area contributed by atoms with Gasteiger partial charge in [0.05, 0.1) is 18.3 Å². The number of amides is 1. The van der Waals surface area contributed by atoms with E-state index in [9.17, 15) is 4.79 Å². The van der Waals surface area contributed by atoms with Crippen LogP contribution in [-0.2, 0) is 17.7 Å². The molecule has 3 rings (SSSR count). The molecule has 0 aliphatic heterocycles. The maximum absolute atomic E-state index is 11.9. The molecule has 0 bridgehead atoms. The fourth-order valence-corrected chi connectivity index (χ4v) is 3.74. The van der Waals surface area contributed by atoms with Crippen molar-refractivity contribution in [3.8, 4) is 0 Å². The molecular weight excluding hydrogens is 404 g/mol. The summed E-state index contributed by atoms with van der Waals surface area (Å²) >= 11 is 0. The quantitative estimate of drug-likeness (QED) is 0.442. The molecule has 1 fully saturated rings. The second-order valence-electron chi connectivity index (χ2n) is 9.15. The molecule has 1 saturated carbocycles. The summed E-state index contributed by atoms with van der Waals surface area (Å²) in [7, 11) is 1.77. The SMILES string of the molecule is CN=C(NCCc1ccc(NC(=O)OC(C)(C)C)cc1)NCc1ccn(C2CCCC2)n1. The molecule has 2 aromatic rings.